The van der Waals surface area contributed by atoms with E-state index in [2.05, 4.69) is 25.2 Å². The molecule has 1 N–H and O–H groups in total. The molecule has 168 valence electrons. The summed E-state index contributed by atoms with van der Waals surface area (Å²) in [5.74, 6) is -4.23. The van der Waals surface area contributed by atoms with Crippen LogP contribution in [0.5, 0.6) is 17.2 Å². The van der Waals surface area contributed by atoms with Crippen molar-refractivity contribution in [3.8, 4) is 17.2 Å². The minimum atomic E-state index is -5.18. The highest BCUT2D eigenvalue weighted by Gasteiger charge is 2.39. The van der Waals surface area contributed by atoms with Crippen molar-refractivity contribution in [1.29, 1.82) is 0 Å². The highest BCUT2D eigenvalue weighted by Crippen LogP contribution is 2.36. The van der Waals surface area contributed by atoms with Crippen molar-refractivity contribution in [2.45, 2.75) is 19.2 Å². The zero-order valence-electron chi connectivity index (χ0n) is 16.0. The van der Waals surface area contributed by atoms with Crippen LogP contribution in [0.2, 0.25) is 0 Å². The molecule has 2 aromatic heterocycles. The van der Waals surface area contributed by atoms with Gasteiger partial charge >= 0.3 is 12.3 Å². The minimum absolute atomic E-state index is 0.0303. The van der Waals surface area contributed by atoms with E-state index >= 15 is 0 Å². The highest BCUT2D eigenvalue weighted by molar-refractivity contribution is 6.06. The van der Waals surface area contributed by atoms with E-state index in [0.29, 0.717) is 13.1 Å². The second-order valence-corrected chi connectivity index (χ2v) is 6.23. The third kappa shape index (κ3) is 5.62. The summed E-state index contributed by atoms with van der Waals surface area (Å²) < 4.78 is 89.4. The van der Waals surface area contributed by atoms with Crippen molar-refractivity contribution in [2.75, 3.05) is 5.32 Å². The predicted molar refractivity (Wildman–Crippen MR) is 96.9 cm³/mol. The van der Waals surface area contributed by atoms with Crippen LogP contribution in [0.4, 0.5) is 32.0 Å². The Bertz CT molecular complexity index is 1100. The number of amides is 1. The highest BCUT2D eigenvalue weighted by atomic mass is 19.4. The van der Waals surface area contributed by atoms with E-state index in [-0.39, 0.29) is 17.2 Å². The molecule has 0 radical (unpaired) electrons. The quantitative estimate of drug-likeness (QED) is 0.520. The third-order valence-corrected chi connectivity index (χ3v) is 3.67. The topological polar surface area (TPSA) is 86.2 Å². The molecule has 0 spiro atoms. The van der Waals surface area contributed by atoms with Crippen molar-refractivity contribution < 1.29 is 40.6 Å². The number of halogens is 6. The molecular formula is C19H12F6N4O3. The first-order valence-electron chi connectivity index (χ1n) is 8.62. The number of carbonyl (C=O) groups excluding carboxylic acids is 1. The molecule has 3 aromatic rings. The van der Waals surface area contributed by atoms with Crippen LogP contribution in [0.25, 0.3) is 0 Å². The Morgan fingerprint density at radius 1 is 0.969 bits per heavy atom. The summed E-state index contributed by atoms with van der Waals surface area (Å²) in [6.07, 6.45) is -5.82. The van der Waals surface area contributed by atoms with Crippen molar-refractivity contribution in [1.82, 2.24) is 15.2 Å². The molecule has 1 aromatic carbocycles. The summed E-state index contributed by atoms with van der Waals surface area (Å²) in [4.78, 5) is 15.6. The van der Waals surface area contributed by atoms with Gasteiger partial charge in [-0.2, -0.15) is 32.1 Å². The van der Waals surface area contributed by atoms with Gasteiger partial charge < -0.3 is 14.8 Å². The molecule has 32 heavy (non-hydrogen) atoms. The largest absolute Gasteiger partial charge is 0.455 e. The Morgan fingerprint density at radius 3 is 2.19 bits per heavy atom. The lowest BCUT2D eigenvalue weighted by Gasteiger charge is -2.16. The summed E-state index contributed by atoms with van der Waals surface area (Å²) in [6.45, 7) is 0.525. The summed E-state index contributed by atoms with van der Waals surface area (Å²) in [5.41, 5.74) is -2.97. The second kappa shape index (κ2) is 8.69. The molecule has 0 fully saturated rings. The molecule has 0 saturated carbocycles. The number of hydrogen-bond acceptors (Lipinski definition) is 6. The Labute approximate surface area is 176 Å². The van der Waals surface area contributed by atoms with Crippen molar-refractivity contribution in [3.05, 3.63) is 66.0 Å². The van der Waals surface area contributed by atoms with E-state index in [1.165, 1.54) is 12.3 Å². The van der Waals surface area contributed by atoms with Gasteiger partial charge in [-0.1, -0.05) is 0 Å². The van der Waals surface area contributed by atoms with Gasteiger partial charge in [-0.05, 0) is 30.3 Å². The fraction of sp³-hybridized carbons (Fsp3) is 0.158. The molecule has 2 heterocycles. The van der Waals surface area contributed by atoms with E-state index < -0.39 is 41.0 Å². The first kappa shape index (κ1) is 22.8. The SMILES string of the molecule is CC(F)(F)Oc1ccc(Oc2cnc(C(F)(F)F)c(F)c2C(=O)Nc2ccnnc2)cc1. The smallest absolute Gasteiger partial charge is 0.436 e. The van der Waals surface area contributed by atoms with Crippen LogP contribution in [0, 0.1) is 5.82 Å². The standard InChI is InChI=1S/C19H12F6N4O3/c1-18(21,22)32-12-4-2-11(3-5-12)31-13-9-26-16(19(23,24)25)15(20)14(13)17(30)29-10-6-7-27-28-8-10/h2-9H,1H3,(H,27,29,30). The van der Waals surface area contributed by atoms with Crippen LogP contribution in [0.15, 0.2) is 48.9 Å². The number of anilines is 1. The number of nitrogens with one attached hydrogen (secondary N) is 1. The molecule has 0 aliphatic rings. The Balaban J connectivity index is 1.96. The van der Waals surface area contributed by atoms with Gasteiger partial charge in [0.15, 0.2) is 17.3 Å². The molecular weight excluding hydrogens is 446 g/mol. The molecule has 0 aliphatic heterocycles. The van der Waals surface area contributed by atoms with Crippen molar-refractivity contribution >= 4 is 11.6 Å². The van der Waals surface area contributed by atoms with Crippen LogP contribution < -0.4 is 14.8 Å². The number of aromatic nitrogens is 3. The summed E-state index contributed by atoms with van der Waals surface area (Å²) in [5, 5.41) is 9.14. The van der Waals surface area contributed by atoms with E-state index in [1.807, 2.05) is 0 Å². The predicted octanol–water partition coefficient (Wildman–Crippen LogP) is 5.07. The monoisotopic (exact) mass is 458 g/mol. The van der Waals surface area contributed by atoms with E-state index in [0.717, 1.165) is 30.5 Å². The maximum Gasteiger partial charge on any atom is 0.436 e. The lowest BCUT2D eigenvalue weighted by molar-refractivity contribution is -0.159. The maximum absolute atomic E-state index is 14.7. The fourth-order valence-corrected chi connectivity index (χ4v) is 2.43. The zero-order chi connectivity index (χ0) is 23.5. The Morgan fingerprint density at radius 2 is 1.62 bits per heavy atom. The molecule has 13 heteroatoms. The van der Waals surface area contributed by atoms with E-state index in [9.17, 15) is 31.1 Å². The number of alkyl halides is 5. The average molecular weight is 458 g/mol. The van der Waals surface area contributed by atoms with Crippen LogP contribution >= 0.6 is 0 Å². The molecule has 0 bridgehead atoms. The van der Waals surface area contributed by atoms with Gasteiger partial charge in [-0.15, -0.1) is 0 Å². The lowest BCUT2D eigenvalue weighted by Crippen LogP contribution is -2.20. The van der Waals surface area contributed by atoms with Gasteiger partial charge in [0.25, 0.3) is 5.91 Å². The molecule has 0 saturated heterocycles. The normalized spacial score (nSPS) is 11.7. The molecule has 0 unspecified atom stereocenters. The van der Waals surface area contributed by atoms with Gasteiger partial charge in [0.05, 0.1) is 24.3 Å². The number of ether oxygens (including phenoxy) is 2. The second-order valence-electron chi connectivity index (χ2n) is 6.23. The maximum atomic E-state index is 14.7. The number of hydrogen-bond donors (Lipinski definition) is 1. The number of benzene rings is 1. The molecule has 0 aliphatic carbocycles. The average Bonchev–Trinajstić information content (AvgIpc) is 2.68. The van der Waals surface area contributed by atoms with Gasteiger partial charge in [-0.3, -0.25) is 4.79 Å². The number of pyridine rings is 1. The van der Waals surface area contributed by atoms with E-state index in [1.54, 1.807) is 0 Å². The number of rotatable bonds is 6. The van der Waals surface area contributed by atoms with Crippen LogP contribution in [0.3, 0.4) is 0 Å². The summed E-state index contributed by atoms with van der Waals surface area (Å²) in [6, 6.07) is 5.71. The van der Waals surface area contributed by atoms with Gasteiger partial charge in [0.1, 0.15) is 17.1 Å². The first-order valence-corrected chi connectivity index (χ1v) is 8.62. The summed E-state index contributed by atoms with van der Waals surface area (Å²) in [7, 11) is 0. The fourth-order valence-electron chi connectivity index (χ4n) is 2.43. The lowest BCUT2D eigenvalue weighted by atomic mass is 10.1. The van der Waals surface area contributed by atoms with Crippen LogP contribution in [-0.4, -0.2) is 27.2 Å². The minimum Gasteiger partial charge on any atom is -0.455 e. The van der Waals surface area contributed by atoms with Crippen molar-refractivity contribution in [2.24, 2.45) is 0 Å². The van der Waals surface area contributed by atoms with Crippen LogP contribution in [0.1, 0.15) is 23.0 Å². The Kier molecular flexibility index (Phi) is 6.18. The third-order valence-electron chi connectivity index (χ3n) is 3.67. The van der Waals surface area contributed by atoms with Gasteiger partial charge in [0.2, 0.25) is 0 Å². The first-order chi connectivity index (χ1) is 14.9. The molecule has 3 rings (SSSR count). The number of nitrogens with zero attached hydrogens (tertiary/aromatic N) is 3. The van der Waals surface area contributed by atoms with E-state index in [4.69, 9.17) is 4.74 Å². The Hall–Kier alpha value is -3.90. The zero-order valence-corrected chi connectivity index (χ0v) is 16.0. The summed E-state index contributed by atoms with van der Waals surface area (Å²) >= 11 is 0. The van der Waals surface area contributed by atoms with Gasteiger partial charge in [0, 0.05) is 6.92 Å². The van der Waals surface area contributed by atoms with Crippen LogP contribution in [-0.2, 0) is 6.18 Å². The number of carbonyl (C=O) groups is 1. The molecule has 1 amide bonds. The molecule has 0 atom stereocenters. The molecule has 7 nitrogen and oxygen atoms in total. The van der Waals surface area contributed by atoms with Crippen molar-refractivity contribution in [3.63, 3.8) is 0 Å². The van der Waals surface area contributed by atoms with Gasteiger partial charge in [-0.25, -0.2) is 9.37 Å².